The van der Waals surface area contributed by atoms with Crippen LogP contribution in [0, 0.1) is 5.92 Å². The van der Waals surface area contributed by atoms with Gasteiger partial charge in [-0.1, -0.05) is 37.3 Å². The zero-order valence-corrected chi connectivity index (χ0v) is 17.9. The molecule has 0 aliphatic heterocycles. The summed E-state index contributed by atoms with van der Waals surface area (Å²) in [4.78, 5) is 25.7. The first kappa shape index (κ1) is 21.6. The highest BCUT2D eigenvalue weighted by Crippen LogP contribution is 2.42. The van der Waals surface area contributed by atoms with Crippen molar-refractivity contribution in [3.05, 3.63) is 65.2 Å². The van der Waals surface area contributed by atoms with Gasteiger partial charge in [-0.2, -0.15) is 0 Å². The topological polar surface area (TPSA) is 61.8 Å². The molecule has 0 saturated heterocycles. The molecule has 5 heteroatoms. The molecule has 0 saturated carbocycles. The maximum Gasteiger partial charge on any atom is 0.317 e. The number of allylic oxidation sites excluding steroid dienone is 2. The van der Waals surface area contributed by atoms with Gasteiger partial charge in [-0.3, -0.25) is 9.59 Å². The third kappa shape index (κ3) is 4.40. The summed E-state index contributed by atoms with van der Waals surface area (Å²) < 4.78 is 16.0. The molecule has 1 aliphatic rings. The van der Waals surface area contributed by atoms with Crippen LogP contribution in [-0.4, -0.2) is 32.6 Å². The van der Waals surface area contributed by atoms with Gasteiger partial charge in [0.25, 0.3) is 0 Å². The fraction of sp³-hybridized carbons (Fsp3) is 0.360. The van der Waals surface area contributed by atoms with Gasteiger partial charge >= 0.3 is 5.97 Å². The lowest BCUT2D eigenvalue weighted by molar-refractivity contribution is -0.151. The predicted octanol–water partition coefficient (Wildman–Crippen LogP) is 4.59. The molecule has 0 bridgehead atoms. The average molecular weight is 408 g/mol. The number of rotatable bonds is 7. The Morgan fingerprint density at radius 3 is 2.30 bits per heavy atom. The molecule has 2 aromatic rings. The minimum absolute atomic E-state index is 0.228. The van der Waals surface area contributed by atoms with Crippen LogP contribution in [0.1, 0.15) is 42.9 Å². The van der Waals surface area contributed by atoms with Crippen LogP contribution in [0.15, 0.2) is 48.5 Å². The second-order valence-electron chi connectivity index (χ2n) is 7.28. The van der Waals surface area contributed by atoms with Gasteiger partial charge in [-0.25, -0.2) is 0 Å². The number of aryl methyl sites for hydroxylation is 1. The van der Waals surface area contributed by atoms with E-state index >= 15 is 0 Å². The van der Waals surface area contributed by atoms with Crippen molar-refractivity contribution < 1.29 is 23.8 Å². The molecule has 5 nitrogen and oxygen atoms in total. The lowest BCUT2D eigenvalue weighted by Crippen LogP contribution is -2.34. The van der Waals surface area contributed by atoms with Crippen LogP contribution >= 0.6 is 0 Å². The van der Waals surface area contributed by atoms with E-state index in [-0.39, 0.29) is 18.3 Å². The number of hydrogen-bond donors (Lipinski definition) is 0. The maximum absolute atomic E-state index is 13.0. The molecular weight excluding hydrogens is 380 g/mol. The van der Waals surface area contributed by atoms with Gasteiger partial charge in [0.2, 0.25) is 0 Å². The summed E-state index contributed by atoms with van der Waals surface area (Å²) in [6, 6.07) is 13.7. The number of ether oxygens (including phenoxy) is 3. The van der Waals surface area contributed by atoms with Gasteiger partial charge in [-0.05, 0) is 60.2 Å². The summed E-state index contributed by atoms with van der Waals surface area (Å²) in [6.07, 6.45) is 3.05. The van der Waals surface area contributed by atoms with Gasteiger partial charge in [0.1, 0.15) is 5.92 Å². The van der Waals surface area contributed by atoms with Crippen LogP contribution in [0.3, 0.4) is 0 Å². The summed E-state index contributed by atoms with van der Waals surface area (Å²) in [5.74, 6) is -0.583. The number of carbonyl (C=O) groups excluding carboxylic acids is 2. The van der Waals surface area contributed by atoms with Crippen molar-refractivity contribution in [1.82, 2.24) is 0 Å². The molecule has 0 aromatic heterocycles. The zero-order chi connectivity index (χ0) is 21.7. The SMILES string of the molecule is CCOC(=O)[C@H]1C(=O)C=C(c2ccc(OC)c(OC)c2)C[C@@H]1c1ccc(CC)cc1. The van der Waals surface area contributed by atoms with Crippen LogP contribution in [-0.2, 0) is 20.7 Å². The number of hydrogen-bond acceptors (Lipinski definition) is 5. The van der Waals surface area contributed by atoms with Crippen molar-refractivity contribution in [2.24, 2.45) is 5.92 Å². The molecule has 0 amide bonds. The fourth-order valence-electron chi connectivity index (χ4n) is 3.93. The first-order valence-corrected chi connectivity index (χ1v) is 10.2. The second kappa shape index (κ2) is 9.61. The Hall–Kier alpha value is -3.08. The monoisotopic (exact) mass is 408 g/mol. The number of carbonyl (C=O) groups is 2. The van der Waals surface area contributed by atoms with Gasteiger partial charge < -0.3 is 14.2 Å². The van der Waals surface area contributed by atoms with Crippen LogP contribution in [0.2, 0.25) is 0 Å². The Morgan fingerprint density at radius 2 is 1.70 bits per heavy atom. The van der Waals surface area contributed by atoms with E-state index in [1.165, 1.54) is 5.56 Å². The largest absolute Gasteiger partial charge is 0.493 e. The van der Waals surface area contributed by atoms with Gasteiger partial charge in [0, 0.05) is 5.92 Å². The smallest absolute Gasteiger partial charge is 0.317 e. The first-order valence-electron chi connectivity index (χ1n) is 10.2. The Labute approximate surface area is 177 Å². The summed E-state index contributed by atoms with van der Waals surface area (Å²) >= 11 is 0. The predicted molar refractivity (Wildman–Crippen MR) is 116 cm³/mol. The van der Waals surface area contributed by atoms with E-state index in [4.69, 9.17) is 14.2 Å². The minimum atomic E-state index is -0.832. The molecule has 1 aliphatic carbocycles. The van der Waals surface area contributed by atoms with Crippen molar-refractivity contribution in [2.75, 3.05) is 20.8 Å². The minimum Gasteiger partial charge on any atom is -0.493 e. The van der Waals surface area contributed by atoms with E-state index in [1.54, 1.807) is 27.2 Å². The highest BCUT2D eigenvalue weighted by Gasteiger charge is 2.39. The number of methoxy groups -OCH3 is 2. The van der Waals surface area contributed by atoms with Crippen molar-refractivity contribution in [3.8, 4) is 11.5 Å². The Kier molecular flexibility index (Phi) is 6.93. The molecule has 0 unspecified atom stereocenters. The average Bonchev–Trinajstić information content (AvgIpc) is 2.78. The van der Waals surface area contributed by atoms with Crippen LogP contribution in [0.5, 0.6) is 11.5 Å². The van der Waals surface area contributed by atoms with E-state index in [0.29, 0.717) is 17.9 Å². The summed E-state index contributed by atoms with van der Waals surface area (Å²) in [5, 5.41) is 0. The molecule has 0 heterocycles. The molecule has 0 fully saturated rings. The molecular formula is C25H28O5. The van der Waals surface area contributed by atoms with Crippen LogP contribution in [0.4, 0.5) is 0 Å². The molecule has 3 rings (SSSR count). The number of benzene rings is 2. The quantitative estimate of drug-likeness (QED) is 0.495. The van der Waals surface area contributed by atoms with Crippen molar-refractivity contribution in [1.29, 1.82) is 0 Å². The third-order valence-corrected chi connectivity index (χ3v) is 5.58. The Balaban J connectivity index is 2.02. The molecule has 158 valence electrons. The summed E-state index contributed by atoms with van der Waals surface area (Å²) in [7, 11) is 3.16. The van der Waals surface area contributed by atoms with Crippen molar-refractivity contribution in [3.63, 3.8) is 0 Å². The Bertz CT molecular complexity index is 943. The molecule has 0 radical (unpaired) electrons. The Morgan fingerprint density at radius 1 is 1.00 bits per heavy atom. The van der Waals surface area contributed by atoms with E-state index in [0.717, 1.165) is 23.1 Å². The first-order chi connectivity index (χ1) is 14.5. The highest BCUT2D eigenvalue weighted by molar-refractivity contribution is 6.10. The van der Waals surface area contributed by atoms with Gasteiger partial charge in [-0.15, -0.1) is 0 Å². The van der Waals surface area contributed by atoms with Gasteiger partial charge in [0.05, 0.1) is 20.8 Å². The molecule has 2 aromatic carbocycles. The molecule has 30 heavy (non-hydrogen) atoms. The van der Waals surface area contributed by atoms with Crippen molar-refractivity contribution >= 4 is 17.3 Å². The number of ketones is 1. The highest BCUT2D eigenvalue weighted by atomic mass is 16.5. The molecule has 2 atom stereocenters. The van der Waals surface area contributed by atoms with E-state index in [2.05, 4.69) is 19.1 Å². The normalized spacial score (nSPS) is 18.5. The third-order valence-electron chi connectivity index (χ3n) is 5.58. The standard InChI is InChI=1S/C25H28O5/c1-5-16-7-9-17(10-8-16)20-13-19(14-21(26)24(20)25(27)30-6-2)18-11-12-22(28-3)23(15-18)29-4/h7-12,14-15,20,24H,5-6,13H2,1-4H3/t20-,24-/m1/s1. The van der Waals surface area contributed by atoms with E-state index in [1.807, 2.05) is 30.3 Å². The van der Waals surface area contributed by atoms with E-state index < -0.39 is 11.9 Å². The lowest BCUT2D eigenvalue weighted by Gasteiger charge is -2.29. The van der Waals surface area contributed by atoms with Crippen molar-refractivity contribution in [2.45, 2.75) is 32.6 Å². The second-order valence-corrected chi connectivity index (χ2v) is 7.28. The number of esters is 1. The van der Waals surface area contributed by atoms with Crippen LogP contribution in [0.25, 0.3) is 5.57 Å². The summed E-state index contributed by atoms with van der Waals surface area (Å²) in [6.45, 7) is 4.09. The summed E-state index contributed by atoms with van der Waals surface area (Å²) in [5.41, 5.74) is 3.92. The van der Waals surface area contributed by atoms with E-state index in [9.17, 15) is 9.59 Å². The van der Waals surface area contributed by atoms with Crippen LogP contribution < -0.4 is 9.47 Å². The lowest BCUT2D eigenvalue weighted by atomic mass is 9.73. The fourth-order valence-corrected chi connectivity index (χ4v) is 3.93. The maximum atomic E-state index is 13.0. The zero-order valence-electron chi connectivity index (χ0n) is 17.9. The molecule has 0 N–H and O–H groups in total. The van der Waals surface area contributed by atoms with Gasteiger partial charge in [0.15, 0.2) is 17.3 Å². The molecule has 0 spiro atoms.